The summed E-state index contributed by atoms with van der Waals surface area (Å²) in [4.78, 5) is 16.2. The van der Waals surface area contributed by atoms with Crippen LogP contribution in [0.3, 0.4) is 0 Å². The summed E-state index contributed by atoms with van der Waals surface area (Å²) >= 11 is 0. The minimum atomic E-state index is -0.347. The second-order valence-electron chi connectivity index (χ2n) is 5.80. The average Bonchev–Trinajstić information content (AvgIpc) is 3.07. The van der Waals surface area contributed by atoms with Crippen LogP contribution in [0.1, 0.15) is 18.4 Å². The van der Waals surface area contributed by atoms with E-state index in [1.807, 2.05) is 6.07 Å². The number of anilines is 2. The quantitative estimate of drug-likeness (QED) is 0.855. The molecule has 0 spiro atoms. The van der Waals surface area contributed by atoms with Gasteiger partial charge in [0.2, 0.25) is 5.91 Å². The van der Waals surface area contributed by atoms with E-state index < -0.39 is 0 Å². The second-order valence-corrected chi connectivity index (χ2v) is 5.80. The molecule has 1 aliphatic heterocycles. The fraction of sp³-hybridized carbons (Fsp3) is 0.333. The summed E-state index contributed by atoms with van der Waals surface area (Å²) in [6, 6.07) is 9.61. The van der Waals surface area contributed by atoms with Crippen molar-refractivity contribution in [3.63, 3.8) is 0 Å². The Hall–Kier alpha value is -2.47. The summed E-state index contributed by atoms with van der Waals surface area (Å²) in [6.07, 6.45) is 4.23. The lowest BCUT2D eigenvalue weighted by Gasteiger charge is -2.12. The van der Waals surface area contributed by atoms with Crippen LogP contribution in [0, 0.1) is 5.82 Å². The molecule has 1 atom stereocenters. The summed E-state index contributed by atoms with van der Waals surface area (Å²) in [5.41, 5.74) is 1.51. The van der Waals surface area contributed by atoms with Crippen LogP contribution in [0.25, 0.3) is 0 Å². The van der Waals surface area contributed by atoms with E-state index in [1.165, 1.54) is 12.1 Å². The van der Waals surface area contributed by atoms with Gasteiger partial charge in [-0.15, -0.1) is 0 Å². The van der Waals surface area contributed by atoms with Gasteiger partial charge in [0.05, 0.1) is 24.4 Å². The molecule has 1 aromatic carbocycles. The van der Waals surface area contributed by atoms with E-state index >= 15 is 0 Å². The van der Waals surface area contributed by atoms with Crippen molar-refractivity contribution in [3.8, 4) is 0 Å². The Bertz CT molecular complexity index is 685. The number of nitrogens with one attached hydrogen (secondary N) is 2. The zero-order valence-corrected chi connectivity index (χ0v) is 13.3. The van der Waals surface area contributed by atoms with E-state index in [0.29, 0.717) is 11.4 Å². The second kappa shape index (κ2) is 7.88. The van der Waals surface area contributed by atoms with E-state index in [-0.39, 0.29) is 24.2 Å². The van der Waals surface area contributed by atoms with Gasteiger partial charge in [-0.1, -0.05) is 12.1 Å². The molecule has 2 heterocycles. The first-order chi connectivity index (χ1) is 11.7. The number of carbonyl (C=O) groups excluding carboxylic acids is 1. The lowest BCUT2D eigenvalue weighted by atomic mass is 10.1. The minimum Gasteiger partial charge on any atom is -0.381 e. The number of rotatable bonds is 6. The summed E-state index contributed by atoms with van der Waals surface area (Å²) in [6.45, 7) is 1.59. The maximum Gasteiger partial charge on any atom is 0.229 e. The Kier molecular flexibility index (Phi) is 5.38. The van der Waals surface area contributed by atoms with E-state index in [9.17, 15) is 9.18 Å². The van der Waals surface area contributed by atoms with Gasteiger partial charge in [0.1, 0.15) is 11.6 Å². The largest absolute Gasteiger partial charge is 0.381 e. The van der Waals surface area contributed by atoms with Crippen molar-refractivity contribution in [2.75, 3.05) is 23.8 Å². The number of nitrogens with zero attached hydrogens (tertiary/aromatic N) is 1. The molecule has 126 valence electrons. The topological polar surface area (TPSA) is 63.2 Å². The fourth-order valence-electron chi connectivity index (χ4n) is 2.63. The first-order valence-electron chi connectivity index (χ1n) is 8.05. The Labute approximate surface area is 140 Å². The molecule has 6 heteroatoms. The Morgan fingerprint density at radius 1 is 1.33 bits per heavy atom. The van der Waals surface area contributed by atoms with Gasteiger partial charge in [-0.3, -0.25) is 4.79 Å². The van der Waals surface area contributed by atoms with Gasteiger partial charge in [0.25, 0.3) is 0 Å². The molecule has 1 saturated heterocycles. The number of pyridine rings is 1. The van der Waals surface area contributed by atoms with E-state index in [0.717, 1.165) is 31.7 Å². The third kappa shape index (κ3) is 4.76. The van der Waals surface area contributed by atoms with Crippen molar-refractivity contribution < 1.29 is 13.9 Å². The van der Waals surface area contributed by atoms with Crippen LogP contribution in [0.2, 0.25) is 0 Å². The predicted octanol–water partition coefficient (Wildman–Crippen LogP) is 2.99. The van der Waals surface area contributed by atoms with Crippen LogP contribution in [0.4, 0.5) is 15.9 Å². The molecule has 1 unspecified atom stereocenters. The van der Waals surface area contributed by atoms with Crippen LogP contribution >= 0.6 is 0 Å². The summed E-state index contributed by atoms with van der Waals surface area (Å²) in [7, 11) is 0. The number of aromatic nitrogens is 1. The zero-order valence-electron chi connectivity index (χ0n) is 13.3. The molecule has 1 fully saturated rings. The molecular formula is C18H20FN3O2. The number of ether oxygens (including phenoxy) is 1. The van der Waals surface area contributed by atoms with Crippen molar-refractivity contribution in [1.29, 1.82) is 0 Å². The van der Waals surface area contributed by atoms with Crippen molar-refractivity contribution in [2.45, 2.75) is 25.4 Å². The van der Waals surface area contributed by atoms with Gasteiger partial charge in [-0.05, 0) is 42.7 Å². The number of carbonyl (C=O) groups is 1. The molecule has 5 nitrogen and oxygen atoms in total. The molecule has 1 amide bonds. The van der Waals surface area contributed by atoms with Crippen molar-refractivity contribution in [2.24, 2.45) is 0 Å². The van der Waals surface area contributed by atoms with Crippen LogP contribution in [0.15, 0.2) is 42.6 Å². The van der Waals surface area contributed by atoms with Crippen LogP contribution in [-0.2, 0) is 16.0 Å². The van der Waals surface area contributed by atoms with E-state index in [1.54, 1.807) is 24.4 Å². The van der Waals surface area contributed by atoms with Gasteiger partial charge in [0, 0.05) is 13.2 Å². The lowest BCUT2D eigenvalue weighted by molar-refractivity contribution is -0.115. The Balaban J connectivity index is 1.49. The number of benzene rings is 1. The SMILES string of the molecule is O=C(Cc1cccc(F)c1)Nc1ccc(NCC2CCCO2)cn1. The first kappa shape index (κ1) is 16.4. The van der Waals surface area contributed by atoms with Gasteiger partial charge in [-0.2, -0.15) is 0 Å². The third-order valence-corrected chi connectivity index (χ3v) is 3.84. The highest BCUT2D eigenvalue weighted by Gasteiger charge is 2.14. The van der Waals surface area contributed by atoms with Gasteiger partial charge < -0.3 is 15.4 Å². The number of hydrogen-bond donors (Lipinski definition) is 2. The molecule has 0 aliphatic carbocycles. The molecule has 0 saturated carbocycles. The van der Waals surface area contributed by atoms with Gasteiger partial charge in [-0.25, -0.2) is 9.37 Å². The maximum atomic E-state index is 13.1. The Morgan fingerprint density at radius 2 is 2.25 bits per heavy atom. The smallest absolute Gasteiger partial charge is 0.229 e. The fourth-order valence-corrected chi connectivity index (χ4v) is 2.63. The van der Waals surface area contributed by atoms with Crippen molar-refractivity contribution in [1.82, 2.24) is 4.98 Å². The maximum absolute atomic E-state index is 13.1. The predicted molar refractivity (Wildman–Crippen MR) is 90.4 cm³/mol. The van der Waals surface area contributed by atoms with Crippen LogP contribution in [-0.4, -0.2) is 30.1 Å². The van der Waals surface area contributed by atoms with Gasteiger partial charge in [0.15, 0.2) is 0 Å². The molecule has 0 radical (unpaired) electrons. The number of amides is 1. The zero-order chi connectivity index (χ0) is 16.8. The first-order valence-corrected chi connectivity index (χ1v) is 8.05. The standard InChI is InChI=1S/C18H20FN3O2/c19-14-4-1-3-13(9-14)10-18(23)22-17-7-6-15(11-21-17)20-12-16-5-2-8-24-16/h1,3-4,6-7,9,11,16,20H,2,5,8,10,12H2,(H,21,22,23). The van der Waals surface area contributed by atoms with E-state index in [4.69, 9.17) is 4.74 Å². The van der Waals surface area contributed by atoms with Crippen molar-refractivity contribution >= 4 is 17.4 Å². The molecule has 0 bridgehead atoms. The van der Waals surface area contributed by atoms with Crippen LogP contribution < -0.4 is 10.6 Å². The van der Waals surface area contributed by atoms with Gasteiger partial charge >= 0.3 is 0 Å². The molecule has 1 aliphatic rings. The summed E-state index contributed by atoms with van der Waals surface area (Å²) in [5.74, 6) is -0.104. The molecule has 1 aromatic heterocycles. The normalized spacial score (nSPS) is 16.8. The molecule has 2 N–H and O–H groups in total. The van der Waals surface area contributed by atoms with Crippen molar-refractivity contribution in [3.05, 3.63) is 54.0 Å². The summed E-state index contributed by atoms with van der Waals surface area (Å²) in [5, 5.41) is 5.98. The summed E-state index contributed by atoms with van der Waals surface area (Å²) < 4.78 is 18.7. The average molecular weight is 329 g/mol. The van der Waals surface area contributed by atoms with E-state index in [2.05, 4.69) is 15.6 Å². The molecule has 2 aromatic rings. The molecule has 24 heavy (non-hydrogen) atoms. The highest BCUT2D eigenvalue weighted by atomic mass is 19.1. The monoisotopic (exact) mass is 329 g/mol. The number of hydrogen-bond acceptors (Lipinski definition) is 4. The minimum absolute atomic E-state index is 0.110. The molecule has 3 rings (SSSR count). The van der Waals surface area contributed by atoms with Crippen LogP contribution in [0.5, 0.6) is 0 Å². The lowest BCUT2D eigenvalue weighted by Crippen LogP contribution is -2.18. The highest BCUT2D eigenvalue weighted by molar-refractivity contribution is 5.91. The third-order valence-electron chi connectivity index (χ3n) is 3.84. The Morgan fingerprint density at radius 3 is 2.96 bits per heavy atom. The number of halogens is 1. The molecular weight excluding hydrogens is 309 g/mol. The highest BCUT2D eigenvalue weighted by Crippen LogP contribution is 2.15.